The number of para-hydroxylation sites is 2. The summed E-state index contributed by atoms with van der Waals surface area (Å²) in [4.78, 5) is 8.18. The first kappa shape index (κ1) is 5.35. The van der Waals surface area contributed by atoms with Crippen molar-refractivity contribution in [2.24, 2.45) is 9.98 Å². The van der Waals surface area contributed by atoms with Crippen LogP contribution in [0.1, 0.15) is 0 Å². The van der Waals surface area contributed by atoms with Gasteiger partial charge in [-0.15, -0.1) is 0 Å². The predicted octanol–water partition coefficient (Wildman–Crippen LogP) is 0.411. The first-order valence-corrected chi connectivity index (χ1v) is 3.08. The van der Waals surface area contributed by atoms with E-state index in [-0.39, 0.29) is 0 Å². The van der Waals surface area contributed by atoms with Crippen LogP contribution in [0.25, 0.3) is 0 Å². The van der Waals surface area contributed by atoms with E-state index < -0.39 is 0 Å². The van der Waals surface area contributed by atoms with Crippen LogP contribution < -0.4 is 10.7 Å². The normalized spacial score (nSPS) is 13.8. The fourth-order valence-corrected chi connectivity index (χ4v) is 0.956. The molecule has 1 aromatic carbocycles. The fourth-order valence-electron chi connectivity index (χ4n) is 0.956. The Bertz CT molecular complexity index is 353. The average molecular weight is 130 g/mol. The van der Waals surface area contributed by atoms with Gasteiger partial charge in [-0.25, -0.2) is 9.98 Å². The molecule has 0 N–H and O–H groups in total. The number of rotatable bonds is 0. The van der Waals surface area contributed by atoms with E-state index >= 15 is 0 Å². The molecule has 0 saturated heterocycles. The highest BCUT2D eigenvalue weighted by atomic mass is 15.0. The van der Waals surface area contributed by atoms with Crippen LogP contribution >= 0.6 is 0 Å². The van der Waals surface area contributed by atoms with E-state index in [1.54, 1.807) is 0 Å². The van der Waals surface area contributed by atoms with Crippen molar-refractivity contribution >= 4 is 0 Å². The van der Waals surface area contributed by atoms with Crippen LogP contribution in [-0.2, 0) is 0 Å². The number of hydrogen-bond acceptors (Lipinski definition) is 2. The Morgan fingerprint density at radius 3 is 2.00 bits per heavy atom. The van der Waals surface area contributed by atoms with Crippen LogP contribution in [0.15, 0.2) is 46.7 Å². The average Bonchev–Trinajstić information content (AvgIpc) is 2.27. The lowest BCUT2D eigenvalue weighted by Crippen LogP contribution is -2.19. The standard InChI is InChI=1S/C8H6N2/c1-6-9-7-4-2-3-5-8(7)10-6/h2-5H,1H2. The zero-order valence-corrected chi connectivity index (χ0v) is 5.41. The molecular weight excluding hydrogens is 124 g/mol. The van der Waals surface area contributed by atoms with Crippen LogP contribution in [0, 0.1) is 0 Å². The molecule has 48 valence electrons. The lowest BCUT2D eigenvalue weighted by atomic mass is 10.3. The summed E-state index contributed by atoms with van der Waals surface area (Å²) in [6.07, 6.45) is 0. The number of nitrogens with zero attached hydrogens (tertiary/aromatic N) is 2. The summed E-state index contributed by atoms with van der Waals surface area (Å²) in [5.74, 6) is 0.598. The summed E-state index contributed by atoms with van der Waals surface area (Å²) in [5.41, 5.74) is 0. The quantitative estimate of drug-likeness (QED) is 0.486. The van der Waals surface area contributed by atoms with Gasteiger partial charge in [-0.3, -0.25) is 0 Å². The van der Waals surface area contributed by atoms with Gasteiger partial charge in [-0.1, -0.05) is 18.7 Å². The molecule has 0 atom stereocenters. The maximum atomic E-state index is 4.09. The summed E-state index contributed by atoms with van der Waals surface area (Å²) in [6, 6.07) is 7.74. The first-order valence-electron chi connectivity index (χ1n) is 3.08. The van der Waals surface area contributed by atoms with Crippen molar-refractivity contribution in [2.45, 2.75) is 0 Å². The molecular formula is C8H6N2. The van der Waals surface area contributed by atoms with E-state index in [4.69, 9.17) is 0 Å². The predicted molar refractivity (Wildman–Crippen MR) is 37.9 cm³/mol. The third-order valence-corrected chi connectivity index (χ3v) is 1.38. The molecule has 0 unspecified atom stereocenters. The van der Waals surface area contributed by atoms with Crippen LogP contribution in [0.2, 0.25) is 0 Å². The summed E-state index contributed by atoms with van der Waals surface area (Å²) in [6.45, 7) is 3.64. The summed E-state index contributed by atoms with van der Waals surface area (Å²) in [7, 11) is 0. The van der Waals surface area contributed by atoms with Gasteiger partial charge in [0, 0.05) is 0 Å². The molecule has 2 heteroatoms. The van der Waals surface area contributed by atoms with Crippen molar-refractivity contribution in [3.63, 3.8) is 0 Å². The van der Waals surface area contributed by atoms with Gasteiger partial charge < -0.3 is 0 Å². The Hall–Kier alpha value is -1.44. The monoisotopic (exact) mass is 130 g/mol. The minimum atomic E-state index is 0.598. The maximum absolute atomic E-state index is 4.09. The van der Waals surface area contributed by atoms with Gasteiger partial charge in [0.15, 0.2) is 0 Å². The molecule has 1 aliphatic heterocycles. The molecule has 0 amide bonds. The number of fused-ring (bicyclic) bond motifs is 1. The van der Waals surface area contributed by atoms with Gasteiger partial charge >= 0.3 is 0 Å². The van der Waals surface area contributed by atoms with E-state index in [0.717, 1.165) is 10.7 Å². The molecule has 0 bridgehead atoms. The van der Waals surface area contributed by atoms with E-state index in [2.05, 4.69) is 16.6 Å². The van der Waals surface area contributed by atoms with E-state index in [0.29, 0.717) is 5.82 Å². The smallest absolute Gasteiger partial charge is 0.146 e. The highest BCUT2D eigenvalue weighted by Gasteiger charge is 1.95. The lowest BCUT2D eigenvalue weighted by Gasteiger charge is -1.75. The number of benzene rings is 1. The zero-order valence-electron chi connectivity index (χ0n) is 5.41. The fraction of sp³-hybridized carbons (Fsp3) is 0. The molecule has 0 aliphatic carbocycles. The molecule has 1 aliphatic rings. The highest BCUT2D eigenvalue weighted by molar-refractivity contribution is 5.09. The van der Waals surface area contributed by atoms with E-state index in [1.807, 2.05) is 24.3 Å². The van der Waals surface area contributed by atoms with Gasteiger partial charge in [0.2, 0.25) is 0 Å². The Morgan fingerprint density at radius 2 is 1.50 bits per heavy atom. The Balaban J connectivity index is 2.96. The van der Waals surface area contributed by atoms with Crippen molar-refractivity contribution in [2.75, 3.05) is 0 Å². The van der Waals surface area contributed by atoms with Crippen molar-refractivity contribution in [3.8, 4) is 0 Å². The Morgan fingerprint density at radius 1 is 1.00 bits per heavy atom. The van der Waals surface area contributed by atoms with Crippen molar-refractivity contribution in [3.05, 3.63) is 47.4 Å². The van der Waals surface area contributed by atoms with Crippen LogP contribution in [0.4, 0.5) is 0 Å². The van der Waals surface area contributed by atoms with E-state index in [1.165, 1.54) is 0 Å². The van der Waals surface area contributed by atoms with Crippen LogP contribution in [0.5, 0.6) is 0 Å². The second kappa shape index (κ2) is 1.77. The molecule has 0 radical (unpaired) electrons. The molecule has 1 heterocycles. The van der Waals surface area contributed by atoms with Gasteiger partial charge in [0.05, 0.1) is 10.7 Å². The minimum Gasteiger partial charge on any atom is -0.228 e. The third-order valence-electron chi connectivity index (χ3n) is 1.38. The lowest BCUT2D eigenvalue weighted by molar-refractivity contribution is 1.24. The molecule has 2 nitrogen and oxygen atoms in total. The van der Waals surface area contributed by atoms with Gasteiger partial charge in [0.1, 0.15) is 5.82 Å². The molecule has 0 spiro atoms. The molecule has 2 rings (SSSR count). The SMILES string of the molecule is C=C1N=c2ccccc2=N1. The molecule has 0 saturated carbocycles. The molecule has 10 heavy (non-hydrogen) atoms. The Labute approximate surface area is 58.3 Å². The molecule has 0 aromatic heterocycles. The second-order valence-electron chi connectivity index (χ2n) is 2.13. The van der Waals surface area contributed by atoms with Crippen LogP contribution in [-0.4, -0.2) is 0 Å². The molecule has 1 aromatic rings. The number of hydrogen-bond donors (Lipinski definition) is 0. The van der Waals surface area contributed by atoms with Gasteiger partial charge in [0.25, 0.3) is 0 Å². The van der Waals surface area contributed by atoms with E-state index in [9.17, 15) is 0 Å². The molecule has 0 fully saturated rings. The van der Waals surface area contributed by atoms with Crippen molar-refractivity contribution < 1.29 is 0 Å². The zero-order chi connectivity index (χ0) is 6.97. The third kappa shape index (κ3) is 0.658. The van der Waals surface area contributed by atoms with Gasteiger partial charge in [-0.2, -0.15) is 0 Å². The largest absolute Gasteiger partial charge is 0.228 e. The highest BCUT2D eigenvalue weighted by Crippen LogP contribution is 1.93. The first-order chi connectivity index (χ1) is 4.86. The summed E-state index contributed by atoms with van der Waals surface area (Å²) in [5, 5.41) is 1.85. The van der Waals surface area contributed by atoms with Crippen molar-refractivity contribution in [1.82, 2.24) is 0 Å². The Kier molecular flexibility index (Phi) is 0.947. The van der Waals surface area contributed by atoms with Crippen molar-refractivity contribution in [1.29, 1.82) is 0 Å². The van der Waals surface area contributed by atoms with Gasteiger partial charge in [-0.05, 0) is 12.1 Å². The summed E-state index contributed by atoms with van der Waals surface area (Å²) >= 11 is 0. The van der Waals surface area contributed by atoms with Crippen LogP contribution in [0.3, 0.4) is 0 Å². The second-order valence-corrected chi connectivity index (χ2v) is 2.13. The minimum absolute atomic E-state index is 0.598. The summed E-state index contributed by atoms with van der Waals surface area (Å²) < 4.78 is 0. The maximum Gasteiger partial charge on any atom is 0.146 e. The topological polar surface area (TPSA) is 24.7 Å².